The van der Waals surface area contributed by atoms with Gasteiger partial charge in [0.2, 0.25) is 0 Å². The molecule has 0 aromatic rings. The molecule has 15 atom stereocenters. The highest BCUT2D eigenvalue weighted by Crippen LogP contribution is 2.30. The molecule has 0 spiro atoms. The second-order valence-electron chi connectivity index (χ2n) is 8.37. The average molecular weight is 504 g/mol. The highest BCUT2D eigenvalue weighted by molar-refractivity contribution is 4.94. The van der Waals surface area contributed by atoms with Crippen LogP contribution >= 0.6 is 0 Å². The van der Waals surface area contributed by atoms with Crippen molar-refractivity contribution in [2.75, 3.05) is 19.8 Å². The maximum absolute atomic E-state index is 10.5. The third kappa shape index (κ3) is 5.52. The number of aliphatic hydroxyl groups excluding tert-OH is 11. The Balaban J connectivity index is 1.74. The third-order valence-corrected chi connectivity index (χ3v) is 6.08. The fraction of sp³-hybridized carbons (Fsp3) is 1.00. The highest BCUT2D eigenvalue weighted by Gasteiger charge is 2.51. The largest absolute Gasteiger partial charge is 0.394 e. The van der Waals surface area contributed by atoms with E-state index in [0.29, 0.717) is 0 Å². The van der Waals surface area contributed by atoms with Gasteiger partial charge in [-0.1, -0.05) is 0 Å². The van der Waals surface area contributed by atoms with Crippen molar-refractivity contribution in [3.05, 3.63) is 0 Å². The smallest absolute Gasteiger partial charge is 0.187 e. The van der Waals surface area contributed by atoms with Crippen LogP contribution in [0.2, 0.25) is 0 Å². The zero-order chi connectivity index (χ0) is 25.3. The van der Waals surface area contributed by atoms with Crippen molar-refractivity contribution in [1.29, 1.82) is 0 Å². The van der Waals surface area contributed by atoms with Crippen molar-refractivity contribution in [3.8, 4) is 0 Å². The second-order valence-corrected chi connectivity index (χ2v) is 8.37. The van der Waals surface area contributed by atoms with Gasteiger partial charge >= 0.3 is 0 Å². The van der Waals surface area contributed by atoms with E-state index in [9.17, 15) is 56.2 Å². The minimum atomic E-state index is -1.85. The average Bonchev–Trinajstić information content (AvgIpc) is 2.82. The first kappa shape index (κ1) is 27.9. The molecule has 3 saturated heterocycles. The van der Waals surface area contributed by atoms with Crippen LogP contribution in [-0.4, -0.2) is 168 Å². The van der Waals surface area contributed by atoms with Crippen LogP contribution in [-0.2, 0) is 23.7 Å². The van der Waals surface area contributed by atoms with Crippen LogP contribution in [0.3, 0.4) is 0 Å². The van der Waals surface area contributed by atoms with E-state index >= 15 is 0 Å². The first-order chi connectivity index (χ1) is 16.0. The van der Waals surface area contributed by atoms with E-state index in [-0.39, 0.29) is 0 Å². The lowest BCUT2D eigenvalue weighted by Gasteiger charge is -2.46. The molecule has 11 N–H and O–H groups in total. The van der Waals surface area contributed by atoms with Gasteiger partial charge in [0.25, 0.3) is 0 Å². The molecule has 0 bridgehead atoms. The molecule has 0 unspecified atom stereocenters. The summed E-state index contributed by atoms with van der Waals surface area (Å²) in [6.45, 7) is -2.11. The van der Waals surface area contributed by atoms with Crippen LogP contribution < -0.4 is 0 Å². The Morgan fingerprint density at radius 1 is 0.500 bits per heavy atom. The molecule has 3 heterocycles. The van der Waals surface area contributed by atoms with Crippen LogP contribution in [0.4, 0.5) is 0 Å². The van der Waals surface area contributed by atoms with Crippen LogP contribution in [0.15, 0.2) is 0 Å². The normalized spacial score (nSPS) is 52.5. The summed E-state index contributed by atoms with van der Waals surface area (Å²) in [4.78, 5) is 0. The second kappa shape index (κ2) is 11.6. The molecule has 0 saturated carbocycles. The molecule has 3 aliphatic heterocycles. The van der Waals surface area contributed by atoms with Gasteiger partial charge in [0.1, 0.15) is 73.2 Å². The maximum atomic E-state index is 10.5. The van der Waals surface area contributed by atoms with E-state index in [4.69, 9.17) is 23.7 Å². The summed E-state index contributed by atoms with van der Waals surface area (Å²) in [6.07, 6.45) is -25.0. The number of aliphatic hydroxyl groups is 11. The monoisotopic (exact) mass is 504 g/mol. The Morgan fingerprint density at radius 3 is 1.59 bits per heavy atom. The summed E-state index contributed by atoms with van der Waals surface area (Å²) < 4.78 is 26.5. The molecular weight excluding hydrogens is 472 g/mol. The quantitative estimate of drug-likeness (QED) is 0.154. The summed E-state index contributed by atoms with van der Waals surface area (Å²) in [5.41, 5.74) is 0. The summed E-state index contributed by atoms with van der Waals surface area (Å²) in [5, 5.41) is 109. The molecule has 34 heavy (non-hydrogen) atoms. The SMILES string of the molecule is OC[C@H]1O[C@@H](O[C@H]2[C@@H](OC[C@H]3O[C@H](O)[C@H](O)[C@@H](O)[C@@H]3O)O[C@H](CO)[C@H](O)[C@@H]2O)[C@H]([16OH])[C@@H](O)[C@H]1O. The van der Waals surface area contributed by atoms with E-state index in [1.165, 1.54) is 0 Å². The molecule has 0 amide bonds. The lowest BCUT2D eigenvalue weighted by atomic mass is 9.97. The van der Waals surface area contributed by atoms with E-state index in [0.717, 1.165) is 0 Å². The lowest BCUT2D eigenvalue weighted by molar-refractivity contribution is -0.372. The first-order valence-electron chi connectivity index (χ1n) is 10.6. The molecule has 0 aromatic heterocycles. The van der Waals surface area contributed by atoms with Gasteiger partial charge in [0.15, 0.2) is 18.9 Å². The maximum Gasteiger partial charge on any atom is 0.187 e. The predicted octanol–water partition coefficient (Wildman–Crippen LogP) is -7.57. The summed E-state index contributed by atoms with van der Waals surface area (Å²) in [6, 6.07) is 0. The molecule has 200 valence electrons. The van der Waals surface area contributed by atoms with Crippen molar-refractivity contribution >= 4 is 0 Å². The summed E-state index contributed by atoms with van der Waals surface area (Å²) in [7, 11) is 0. The molecule has 3 aliphatic rings. The Labute approximate surface area is 192 Å². The van der Waals surface area contributed by atoms with Crippen LogP contribution in [0.5, 0.6) is 0 Å². The van der Waals surface area contributed by atoms with Gasteiger partial charge in [-0.15, -0.1) is 0 Å². The van der Waals surface area contributed by atoms with Crippen molar-refractivity contribution in [1.82, 2.24) is 0 Å². The van der Waals surface area contributed by atoms with E-state index in [1.54, 1.807) is 0 Å². The van der Waals surface area contributed by atoms with Gasteiger partial charge in [-0.05, 0) is 0 Å². The Kier molecular flexibility index (Phi) is 9.54. The minimum absolute atomic E-state index is 0.609. The number of hydrogen-bond donors (Lipinski definition) is 11. The molecule has 0 radical (unpaired) electrons. The minimum Gasteiger partial charge on any atom is -0.394 e. The van der Waals surface area contributed by atoms with Gasteiger partial charge in [-0.25, -0.2) is 0 Å². The lowest BCUT2D eigenvalue weighted by Crippen LogP contribution is -2.65. The number of rotatable bonds is 7. The van der Waals surface area contributed by atoms with E-state index in [1.807, 2.05) is 0 Å². The Bertz CT molecular complexity index is 639. The van der Waals surface area contributed by atoms with Crippen molar-refractivity contribution in [2.24, 2.45) is 0 Å². The van der Waals surface area contributed by atoms with Crippen molar-refractivity contribution in [3.63, 3.8) is 0 Å². The van der Waals surface area contributed by atoms with Crippen molar-refractivity contribution in [2.45, 2.75) is 92.1 Å². The standard InChI is InChI=1S/C18H32O16/c19-1-4-7(21)11(25)14(28)17(32-4)34-15-12(26)8(22)5(2-20)33-18(15)30-3-6-9(23)10(24)13(27)16(29)31-6/h4-29H,1-3H2/t4-,5-,6-,7+,8+,9-,10+,11+,12+,13-,14-,15-,16+,17+,18+/m1/s1/i28+0. The first-order valence-corrected chi connectivity index (χ1v) is 10.6. The van der Waals surface area contributed by atoms with Gasteiger partial charge in [0, 0.05) is 0 Å². The zero-order valence-corrected chi connectivity index (χ0v) is 17.7. The number of hydrogen-bond acceptors (Lipinski definition) is 16. The fourth-order valence-electron chi connectivity index (χ4n) is 3.93. The summed E-state index contributed by atoms with van der Waals surface area (Å²) in [5.74, 6) is 0. The van der Waals surface area contributed by atoms with E-state index in [2.05, 4.69) is 0 Å². The molecule has 3 fully saturated rings. The molecular formula is C18H32O16. The Hall–Kier alpha value is -0.640. The summed E-state index contributed by atoms with van der Waals surface area (Å²) >= 11 is 0. The van der Waals surface area contributed by atoms with Gasteiger partial charge in [0.05, 0.1) is 19.8 Å². The number of ether oxygens (including phenoxy) is 5. The molecule has 16 heteroatoms. The molecule has 16 nitrogen and oxygen atoms in total. The topological polar surface area (TPSA) is 269 Å². The molecule has 3 rings (SSSR count). The van der Waals surface area contributed by atoms with Crippen LogP contribution in [0.1, 0.15) is 0 Å². The Morgan fingerprint density at radius 2 is 1.00 bits per heavy atom. The van der Waals surface area contributed by atoms with Gasteiger partial charge < -0.3 is 79.9 Å². The highest BCUT2D eigenvalue weighted by atomic mass is 16.8. The van der Waals surface area contributed by atoms with Crippen LogP contribution in [0.25, 0.3) is 0 Å². The molecule has 0 aromatic carbocycles. The third-order valence-electron chi connectivity index (χ3n) is 6.08. The van der Waals surface area contributed by atoms with Gasteiger partial charge in [-0.3, -0.25) is 0 Å². The molecule has 0 aliphatic carbocycles. The van der Waals surface area contributed by atoms with Crippen LogP contribution in [0, 0.1) is 0 Å². The zero-order valence-electron chi connectivity index (χ0n) is 17.7. The fourth-order valence-corrected chi connectivity index (χ4v) is 3.93. The van der Waals surface area contributed by atoms with Crippen molar-refractivity contribution < 1.29 is 79.9 Å². The van der Waals surface area contributed by atoms with E-state index < -0.39 is 112 Å². The van der Waals surface area contributed by atoms with Gasteiger partial charge in [-0.2, -0.15) is 0 Å². The predicted molar refractivity (Wildman–Crippen MR) is 101 cm³/mol.